The molecular weight excluding hydrogens is 648 g/mol. The first-order valence-corrected chi connectivity index (χ1v) is 16.9. The van der Waals surface area contributed by atoms with Crippen LogP contribution < -0.4 is 9.64 Å². The number of piperidine rings is 1. The van der Waals surface area contributed by atoms with Gasteiger partial charge < -0.3 is 23.8 Å². The van der Waals surface area contributed by atoms with Crippen LogP contribution in [0.15, 0.2) is 18.5 Å². The van der Waals surface area contributed by atoms with Crippen molar-refractivity contribution in [1.82, 2.24) is 30.0 Å². The van der Waals surface area contributed by atoms with Crippen molar-refractivity contribution in [3.63, 3.8) is 0 Å². The number of aromatic nitrogens is 5. The van der Waals surface area contributed by atoms with Gasteiger partial charge in [0, 0.05) is 61.1 Å². The van der Waals surface area contributed by atoms with Crippen LogP contribution in [0.25, 0.3) is 33.1 Å². The topological polar surface area (TPSA) is 128 Å². The van der Waals surface area contributed by atoms with E-state index in [2.05, 4.69) is 25.1 Å². The zero-order valence-corrected chi connectivity index (χ0v) is 26.9. The van der Waals surface area contributed by atoms with E-state index in [0.29, 0.717) is 70.7 Å². The standard InChI is InChI=1S/C33H34ClF2N7O5/c34-23-9-24-21(13-38-41-24)25-20(23)3-8-45-31(44)48-19-11-33(47-15-19)5-2-6-42(16-33)29-22-12-37-28(25)26(36)27(22)39-30(40-29)46-17-32-4-1-7-43(32)14-18(35)10-32/h9,12-13,18-19H,1-8,10-11,14-17H2,(H,38,41)/t18-,19-,32+,33-/m1/s1. The number of nitrogens with zero attached hydrogens (tertiary/aromatic N) is 6. The molecule has 12 nitrogen and oxygen atoms in total. The summed E-state index contributed by atoms with van der Waals surface area (Å²) in [5, 5.41) is 8.43. The van der Waals surface area contributed by atoms with Gasteiger partial charge in [-0.15, -0.1) is 0 Å². The van der Waals surface area contributed by atoms with Crippen LogP contribution >= 0.6 is 11.6 Å². The third-order valence-electron chi connectivity index (χ3n) is 10.8. The molecule has 48 heavy (non-hydrogen) atoms. The predicted molar refractivity (Wildman–Crippen MR) is 171 cm³/mol. The summed E-state index contributed by atoms with van der Waals surface area (Å²) in [6.45, 7) is 2.65. The molecule has 0 unspecified atom stereocenters. The average molecular weight is 682 g/mol. The number of H-pyrrole nitrogens is 1. The molecule has 6 aliphatic heterocycles. The summed E-state index contributed by atoms with van der Waals surface area (Å²) >= 11 is 6.77. The summed E-state index contributed by atoms with van der Waals surface area (Å²) in [6.07, 6.45) is 5.33. The Kier molecular flexibility index (Phi) is 7.14. The second kappa shape index (κ2) is 11.3. The van der Waals surface area contributed by atoms with E-state index in [-0.39, 0.29) is 43.5 Å². The zero-order chi connectivity index (χ0) is 32.6. The third kappa shape index (κ3) is 4.94. The van der Waals surface area contributed by atoms with Gasteiger partial charge in [0.1, 0.15) is 35.9 Å². The maximum atomic E-state index is 17.1. The first-order valence-electron chi connectivity index (χ1n) is 16.6. The van der Waals surface area contributed by atoms with Crippen LogP contribution in [0.2, 0.25) is 5.02 Å². The number of halogens is 3. The van der Waals surface area contributed by atoms with E-state index in [4.69, 9.17) is 35.5 Å². The highest BCUT2D eigenvalue weighted by Gasteiger charge is 2.50. The molecule has 4 aromatic rings. The van der Waals surface area contributed by atoms with Crippen molar-refractivity contribution in [2.24, 2.45) is 0 Å². The SMILES string of the molecule is O=C1OCCc2c(Cl)cc3[nH]ncc3c2-c2ncc3c(nc(OC[C@@]45CCCN4C[C@H](F)C5)nc3c2F)N2CCC[C@@]3(C[C@H](CO3)O1)C2. The minimum atomic E-state index is -0.916. The van der Waals surface area contributed by atoms with Crippen molar-refractivity contribution < 1.29 is 32.5 Å². The number of rotatable bonds is 3. The second-order valence-corrected chi connectivity index (χ2v) is 14.1. The zero-order valence-electron chi connectivity index (χ0n) is 26.1. The predicted octanol–water partition coefficient (Wildman–Crippen LogP) is 5.15. The van der Waals surface area contributed by atoms with E-state index < -0.39 is 35.4 Å². The number of nitrogens with one attached hydrogen (secondary N) is 1. The number of hydrogen-bond acceptors (Lipinski definition) is 11. The fourth-order valence-electron chi connectivity index (χ4n) is 8.61. The number of benzene rings is 1. The smallest absolute Gasteiger partial charge is 0.461 e. The van der Waals surface area contributed by atoms with Crippen molar-refractivity contribution in [1.29, 1.82) is 0 Å². The number of anilines is 1. The molecule has 1 N–H and O–H groups in total. The van der Waals surface area contributed by atoms with Crippen LogP contribution in [0.1, 0.15) is 44.1 Å². The molecule has 0 amide bonds. The van der Waals surface area contributed by atoms with Gasteiger partial charge in [-0.2, -0.15) is 15.1 Å². The Morgan fingerprint density at radius 2 is 2.04 bits per heavy atom. The Labute approximate surface area is 279 Å². The van der Waals surface area contributed by atoms with E-state index in [9.17, 15) is 9.18 Å². The van der Waals surface area contributed by atoms with E-state index in [1.165, 1.54) is 0 Å². The van der Waals surface area contributed by atoms with Crippen LogP contribution in [0.5, 0.6) is 6.01 Å². The molecule has 0 aliphatic carbocycles. The number of alkyl halides is 1. The van der Waals surface area contributed by atoms with Crippen LogP contribution in [-0.4, -0.2) is 106 Å². The maximum Gasteiger partial charge on any atom is 0.508 e. The second-order valence-electron chi connectivity index (χ2n) is 13.7. The number of ether oxygens (including phenoxy) is 4. The van der Waals surface area contributed by atoms with Gasteiger partial charge in [0.2, 0.25) is 0 Å². The number of aromatic amines is 1. The van der Waals surface area contributed by atoms with Gasteiger partial charge in [0.15, 0.2) is 5.82 Å². The van der Waals surface area contributed by atoms with Gasteiger partial charge in [-0.25, -0.2) is 13.6 Å². The number of hydrogen-bond donors (Lipinski definition) is 1. The van der Waals surface area contributed by atoms with Gasteiger partial charge in [0.25, 0.3) is 0 Å². The van der Waals surface area contributed by atoms with Gasteiger partial charge in [-0.3, -0.25) is 15.0 Å². The van der Waals surface area contributed by atoms with Crippen LogP contribution in [0, 0.1) is 5.82 Å². The molecule has 9 heterocycles. The number of pyridine rings is 1. The first-order chi connectivity index (χ1) is 23.3. The van der Waals surface area contributed by atoms with E-state index in [1.807, 2.05) is 4.90 Å². The maximum absolute atomic E-state index is 17.1. The van der Waals surface area contributed by atoms with E-state index in [1.54, 1.807) is 18.5 Å². The highest BCUT2D eigenvalue weighted by molar-refractivity contribution is 6.33. The largest absolute Gasteiger partial charge is 0.508 e. The fourth-order valence-corrected chi connectivity index (χ4v) is 8.91. The van der Waals surface area contributed by atoms with E-state index in [0.717, 1.165) is 32.2 Å². The molecule has 15 heteroatoms. The number of carbonyl (C=O) groups is 1. The molecule has 10 rings (SSSR count). The van der Waals surface area contributed by atoms with Crippen molar-refractivity contribution in [3.8, 4) is 17.3 Å². The lowest BCUT2D eigenvalue weighted by Gasteiger charge is -2.40. The highest BCUT2D eigenvalue weighted by atomic mass is 35.5. The highest BCUT2D eigenvalue weighted by Crippen LogP contribution is 2.43. The molecule has 252 valence electrons. The summed E-state index contributed by atoms with van der Waals surface area (Å²) in [7, 11) is 0. The summed E-state index contributed by atoms with van der Waals surface area (Å²) in [4.78, 5) is 31.1. The van der Waals surface area contributed by atoms with Crippen LogP contribution in [-0.2, 0) is 20.6 Å². The normalized spacial score (nSPS) is 28.9. The van der Waals surface area contributed by atoms with Crippen molar-refractivity contribution in [3.05, 3.63) is 34.9 Å². The molecule has 1 spiro atoms. The lowest BCUT2D eigenvalue weighted by Crippen LogP contribution is -2.48. The van der Waals surface area contributed by atoms with E-state index >= 15 is 4.39 Å². The third-order valence-corrected chi connectivity index (χ3v) is 11.1. The summed E-state index contributed by atoms with van der Waals surface area (Å²) in [5.41, 5.74) is 0.572. The Balaban J connectivity index is 1.21. The molecule has 3 aromatic heterocycles. The molecule has 0 saturated carbocycles. The molecule has 4 saturated heterocycles. The first kappa shape index (κ1) is 30.2. The Morgan fingerprint density at radius 3 is 2.96 bits per heavy atom. The van der Waals surface area contributed by atoms with Gasteiger partial charge in [-0.1, -0.05) is 11.6 Å². The van der Waals surface area contributed by atoms with Crippen molar-refractivity contribution in [2.75, 3.05) is 50.9 Å². The minimum Gasteiger partial charge on any atom is -0.461 e. The van der Waals surface area contributed by atoms with Crippen LogP contribution in [0.3, 0.4) is 0 Å². The fraction of sp³-hybridized carbons (Fsp3) is 0.545. The Morgan fingerprint density at radius 1 is 1.15 bits per heavy atom. The molecule has 0 radical (unpaired) electrons. The Bertz CT molecular complexity index is 1950. The lowest BCUT2D eigenvalue weighted by atomic mass is 9.89. The molecule has 4 fully saturated rings. The van der Waals surface area contributed by atoms with Gasteiger partial charge in [-0.05, 0) is 43.9 Å². The van der Waals surface area contributed by atoms with Crippen molar-refractivity contribution >= 4 is 45.4 Å². The van der Waals surface area contributed by atoms with Gasteiger partial charge in [0.05, 0.1) is 41.5 Å². The molecule has 4 atom stereocenters. The van der Waals surface area contributed by atoms with Crippen molar-refractivity contribution in [2.45, 2.75) is 68.4 Å². The number of fused-ring (bicyclic) bond motifs is 7. The summed E-state index contributed by atoms with van der Waals surface area (Å²) < 4.78 is 55.4. The minimum absolute atomic E-state index is 0.0157. The van der Waals surface area contributed by atoms with Crippen LogP contribution in [0.4, 0.5) is 19.4 Å². The molecule has 7 bridgehead atoms. The molecule has 6 aliphatic rings. The monoisotopic (exact) mass is 681 g/mol. The summed E-state index contributed by atoms with van der Waals surface area (Å²) in [5.74, 6) is -0.204. The lowest BCUT2D eigenvalue weighted by molar-refractivity contribution is -0.0127. The average Bonchev–Trinajstić information content (AvgIpc) is 3.84. The van der Waals surface area contributed by atoms with Gasteiger partial charge >= 0.3 is 12.2 Å². The molecule has 1 aromatic carbocycles. The quantitative estimate of drug-likeness (QED) is 0.288. The molecular formula is C33H34ClF2N7O5. The Hall–Kier alpha value is -3.88. The summed E-state index contributed by atoms with van der Waals surface area (Å²) in [6, 6.07) is 1.72. The number of carbonyl (C=O) groups excluding carboxylic acids is 1.